The largest absolute Gasteiger partial charge is 0.317 e. The second-order valence-electron chi connectivity index (χ2n) is 3.92. The first kappa shape index (κ1) is 14.2. The van der Waals surface area contributed by atoms with Crippen LogP contribution < -0.4 is 5.32 Å². The van der Waals surface area contributed by atoms with Crippen molar-refractivity contribution in [2.75, 3.05) is 13.1 Å². The molecule has 1 aliphatic heterocycles. The van der Waals surface area contributed by atoms with Crippen LogP contribution in [0.15, 0.2) is 18.5 Å². The fraction of sp³-hybridized carbons (Fsp3) is 0.500. The summed E-state index contributed by atoms with van der Waals surface area (Å²) in [5.74, 6) is 0.582. The Bertz CT molecular complexity index is 466. The molecule has 0 spiro atoms. The summed E-state index contributed by atoms with van der Waals surface area (Å²) in [6.45, 7) is 2.18. The van der Waals surface area contributed by atoms with Gasteiger partial charge in [-0.3, -0.25) is 0 Å². The molecule has 1 aliphatic rings. The van der Waals surface area contributed by atoms with Crippen LogP contribution in [0.2, 0.25) is 0 Å². The zero-order chi connectivity index (χ0) is 10.1. The second kappa shape index (κ2) is 6.14. The van der Waals surface area contributed by atoms with Gasteiger partial charge in [0.05, 0.1) is 5.69 Å². The maximum Gasteiger partial charge on any atom is 0.177 e. The molecule has 2 aromatic heterocycles. The highest BCUT2D eigenvalue weighted by Crippen LogP contribution is 2.22. The molecule has 0 aliphatic carbocycles. The molecule has 94 valence electrons. The third-order valence-electron chi connectivity index (χ3n) is 2.94. The van der Waals surface area contributed by atoms with E-state index in [1.54, 1.807) is 10.8 Å². The number of hydrogen-bond acceptors (Lipinski definition) is 4. The van der Waals surface area contributed by atoms with Crippen molar-refractivity contribution >= 4 is 30.5 Å². The summed E-state index contributed by atoms with van der Waals surface area (Å²) in [6.07, 6.45) is 3.99. The SMILES string of the molecule is Cl.Cl.c1cc2nncn2nc1C1CCNCC1. The minimum absolute atomic E-state index is 0. The number of nitrogens with one attached hydrogen (secondary N) is 1. The van der Waals surface area contributed by atoms with E-state index in [4.69, 9.17) is 0 Å². The summed E-state index contributed by atoms with van der Waals surface area (Å²) in [7, 11) is 0. The van der Waals surface area contributed by atoms with Gasteiger partial charge in [-0.2, -0.15) is 5.10 Å². The second-order valence-corrected chi connectivity index (χ2v) is 3.92. The van der Waals surface area contributed by atoms with E-state index in [1.165, 1.54) is 12.8 Å². The van der Waals surface area contributed by atoms with E-state index in [0.717, 1.165) is 24.4 Å². The van der Waals surface area contributed by atoms with Crippen molar-refractivity contribution in [3.8, 4) is 0 Å². The van der Waals surface area contributed by atoms with Gasteiger partial charge >= 0.3 is 0 Å². The van der Waals surface area contributed by atoms with E-state index in [2.05, 4.69) is 26.7 Å². The van der Waals surface area contributed by atoms with E-state index in [1.807, 2.05) is 6.07 Å². The lowest BCUT2D eigenvalue weighted by atomic mass is 9.94. The molecule has 1 saturated heterocycles. The maximum atomic E-state index is 4.52. The molecule has 0 atom stereocenters. The van der Waals surface area contributed by atoms with Crippen molar-refractivity contribution < 1.29 is 0 Å². The number of halogens is 2. The van der Waals surface area contributed by atoms with Gasteiger partial charge in [0.2, 0.25) is 0 Å². The number of rotatable bonds is 1. The third-order valence-corrected chi connectivity index (χ3v) is 2.94. The minimum Gasteiger partial charge on any atom is -0.317 e. The fourth-order valence-corrected chi connectivity index (χ4v) is 2.08. The molecule has 1 N–H and O–H groups in total. The van der Waals surface area contributed by atoms with Crippen LogP contribution in [0.5, 0.6) is 0 Å². The Hall–Kier alpha value is -0.910. The molecule has 0 unspecified atom stereocenters. The predicted octanol–water partition coefficient (Wildman–Crippen LogP) is 1.43. The van der Waals surface area contributed by atoms with E-state index in [-0.39, 0.29) is 24.8 Å². The maximum absolute atomic E-state index is 4.52. The van der Waals surface area contributed by atoms with Crippen LogP contribution in [0.3, 0.4) is 0 Å². The third kappa shape index (κ3) is 2.86. The van der Waals surface area contributed by atoms with Gasteiger partial charge in [0.25, 0.3) is 0 Å². The molecule has 0 saturated carbocycles. The molecule has 5 nitrogen and oxygen atoms in total. The lowest BCUT2D eigenvalue weighted by Gasteiger charge is -2.21. The van der Waals surface area contributed by atoms with Crippen molar-refractivity contribution in [3.63, 3.8) is 0 Å². The zero-order valence-electron chi connectivity index (χ0n) is 9.24. The standard InChI is InChI=1S/C10H13N5.2ClH/c1-2-10-13-12-7-15(10)14-9(1)8-3-5-11-6-4-8;;/h1-2,7-8,11H,3-6H2;2*1H. The summed E-state index contributed by atoms with van der Waals surface area (Å²) in [6, 6.07) is 4.05. The van der Waals surface area contributed by atoms with E-state index in [9.17, 15) is 0 Å². The summed E-state index contributed by atoms with van der Waals surface area (Å²) >= 11 is 0. The average Bonchev–Trinajstić information content (AvgIpc) is 2.77. The van der Waals surface area contributed by atoms with Gasteiger partial charge in [-0.15, -0.1) is 35.0 Å². The number of hydrogen-bond donors (Lipinski definition) is 1. The van der Waals surface area contributed by atoms with E-state index < -0.39 is 0 Å². The van der Waals surface area contributed by atoms with E-state index in [0.29, 0.717) is 5.92 Å². The highest BCUT2D eigenvalue weighted by Gasteiger charge is 2.16. The fourth-order valence-electron chi connectivity index (χ4n) is 2.08. The highest BCUT2D eigenvalue weighted by molar-refractivity contribution is 5.85. The van der Waals surface area contributed by atoms with Crippen LogP contribution in [0.4, 0.5) is 0 Å². The van der Waals surface area contributed by atoms with Crippen molar-refractivity contribution in [1.82, 2.24) is 25.1 Å². The Kier molecular flexibility index (Phi) is 5.11. The van der Waals surface area contributed by atoms with Crippen LogP contribution in [-0.2, 0) is 0 Å². The topological polar surface area (TPSA) is 55.1 Å². The van der Waals surface area contributed by atoms with Crippen LogP contribution in [-0.4, -0.2) is 32.9 Å². The molecule has 0 aromatic carbocycles. The van der Waals surface area contributed by atoms with E-state index >= 15 is 0 Å². The number of piperidine rings is 1. The monoisotopic (exact) mass is 275 g/mol. The van der Waals surface area contributed by atoms with Crippen molar-refractivity contribution in [3.05, 3.63) is 24.2 Å². The van der Waals surface area contributed by atoms with Gasteiger partial charge in [0, 0.05) is 5.92 Å². The summed E-state index contributed by atoms with van der Waals surface area (Å²) in [4.78, 5) is 0. The molecule has 2 aromatic rings. The molecule has 17 heavy (non-hydrogen) atoms. The number of aromatic nitrogens is 4. The van der Waals surface area contributed by atoms with Gasteiger partial charge in [-0.25, -0.2) is 4.52 Å². The first-order chi connectivity index (χ1) is 7.43. The molecule has 1 fully saturated rings. The Morgan fingerprint density at radius 3 is 2.71 bits per heavy atom. The Balaban J connectivity index is 0.000000722. The molecular formula is C10H15Cl2N5. The summed E-state index contributed by atoms with van der Waals surface area (Å²) in [5.41, 5.74) is 1.97. The average molecular weight is 276 g/mol. The predicted molar refractivity (Wildman–Crippen MR) is 70.1 cm³/mol. The quantitative estimate of drug-likeness (QED) is 0.856. The smallest absolute Gasteiger partial charge is 0.177 e. The molecule has 7 heteroatoms. The highest BCUT2D eigenvalue weighted by atomic mass is 35.5. The van der Waals surface area contributed by atoms with Gasteiger partial charge in [0.15, 0.2) is 5.65 Å². The molecule has 3 heterocycles. The first-order valence-electron chi connectivity index (χ1n) is 5.31. The van der Waals surface area contributed by atoms with Gasteiger partial charge in [-0.1, -0.05) is 0 Å². The first-order valence-corrected chi connectivity index (χ1v) is 5.31. The Morgan fingerprint density at radius 1 is 1.18 bits per heavy atom. The van der Waals surface area contributed by atoms with Crippen molar-refractivity contribution in [2.45, 2.75) is 18.8 Å². The van der Waals surface area contributed by atoms with Crippen LogP contribution in [0.1, 0.15) is 24.5 Å². The minimum atomic E-state index is 0. The lowest BCUT2D eigenvalue weighted by Crippen LogP contribution is -2.27. The van der Waals surface area contributed by atoms with Gasteiger partial charge < -0.3 is 5.32 Å². The summed E-state index contributed by atoms with van der Waals surface area (Å²) in [5, 5.41) is 15.6. The number of fused-ring (bicyclic) bond motifs is 1. The molecule has 3 rings (SSSR count). The molecule has 0 bridgehead atoms. The van der Waals surface area contributed by atoms with Crippen LogP contribution in [0.25, 0.3) is 5.65 Å². The van der Waals surface area contributed by atoms with Crippen molar-refractivity contribution in [1.29, 1.82) is 0 Å². The normalized spacial score (nSPS) is 16.2. The molecule has 0 radical (unpaired) electrons. The Morgan fingerprint density at radius 2 is 1.94 bits per heavy atom. The van der Waals surface area contributed by atoms with Crippen molar-refractivity contribution in [2.24, 2.45) is 0 Å². The number of nitrogens with zero attached hydrogens (tertiary/aromatic N) is 4. The van der Waals surface area contributed by atoms with Crippen LogP contribution >= 0.6 is 24.8 Å². The summed E-state index contributed by atoms with van der Waals surface area (Å²) < 4.78 is 1.75. The van der Waals surface area contributed by atoms with Gasteiger partial charge in [-0.05, 0) is 38.1 Å². The molecule has 0 amide bonds. The van der Waals surface area contributed by atoms with Crippen LogP contribution in [0, 0.1) is 0 Å². The zero-order valence-corrected chi connectivity index (χ0v) is 10.9. The Labute approximate surface area is 112 Å². The lowest BCUT2D eigenvalue weighted by molar-refractivity contribution is 0.449. The van der Waals surface area contributed by atoms with Gasteiger partial charge in [0.1, 0.15) is 6.33 Å². The molecular weight excluding hydrogens is 261 g/mol.